The molecule has 0 atom stereocenters. The summed E-state index contributed by atoms with van der Waals surface area (Å²) >= 11 is 0. The monoisotopic (exact) mass is 212 g/mol. The minimum Gasteiger partial charge on any atom is -0.314 e. The molecular weight excluding hydrogens is 184 g/mol. The smallest absolute Gasteiger partial charge is 0.0154 e. The molecule has 1 rings (SSSR count). The van der Waals surface area contributed by atoms with E-state index in [0.29, 0.717) is 5.54 Å². The predicted octanol–water partition coefficient (Wildman–Crippen LogP) is 2.50. The Hall–Kier alpha value is -0.0800. The van der Waals surface area contributed by atoms with Crippen molar-refractivity contribution in [1.82, 2.24) is 10.2 Å². The summed E-state index contributed by atoms with van der Waals surface area (Å²) in [5, 5.41) is 3.42. The number of piperazine rings is 1. The molecule has 0 bridgehead atoms. The van der Waals surface area contributed by atoms with Gasteiger partial charge in [0, 0.05) is 31.7 Å². The van der Waals surface area contributed by atoms with Crippen molar-refractivity contribution in [3.8, 4) is 0 Å². The second-order valence-corrected chi connectivity index (χ2v) is 5.84. The molecule has 0 saturated carbocycles. The number of rotatable bonds is 5. The van der Waals surface area contributed by atoms with Crippen LogP contribution < -0.4 is 5.32 Å². The zero-order valence-corrected chi connectivity index (χ0v) is 11.0. The summed E-state index contributed by atoms with van der Waals surface area (Å²) < 4.78 is 0. The van der Waals surface area contributed by atoms with Crippen molar-refractivity contribution < 1.29 is 0 Å². The van der Waals surface area contributed by atoms with Crippen LogP contribution in [0, 0.1) is 5.92 Å². The van der Waals surface area contributed by atoms with Crippen molar-refractivity contribution in [2.75, 3.05) is 26.2 Å². The summed E-state index contributed by atoms with van der Waals surface area (Å²) in [7, 11) is 0. The highest BCUT2D eigenvalue weighted by atomic mass is 15.2. The van der Waals surface area contributed by atoms with E-state index < -0.39 is 0 Å². The summed E-state index contributed by atoms with van der Waals surface area (Å²) in [6.07, 6.45) is 4.08. The topological polar surface area (TPSA) is 15.3 Å². The molecule has 1 heterocycles. The van der Waals surface area contributed by atoms with Gasteiger partial charge in [0.15, 0.2) is 0 Å². The van der Waals surface area contributed by atoms with Gasteiger partial charge in [0.1, 0.15) is 0 Å². The van der Waals surface area contributed by atoms with E-state index >= 15 is 0 Å². The third kappa shape index (κ3) is 4.52. The van der Waals surface area contributed by atoms with E-state index in [1.807, 2.05) is 0 Å². The lowest BCUT2D eigenvalue weighted by molar-refractivity contribution is 0.0923. The maximum atomic E-state index is 3.42. The maximum absolute atomic E-state index is 3.42. The SMILES string of the molecule is CC(C)CCCC(C)(C)N1CCNCC1. The van der Waals surface area contributed by atoms with Gasteiger partial charge in [-0.1, -0.05) is 26.7 Å². The van der Waals surface area contributed by atoms with E-state index in [1.165, 1.54) is 32.4 Å². The number of nitrogens with zero attached hydrogens (tertiary/aromatic N) is 1. The lowest BCUT2D eigenvalue weighted by Gasteiger charge is -2.41. The molecule has 0 aromatic rings. The molecule has 1 fully saturated rings. The van der Waals surface area contributed by atoms with Crippen LogP contribution in [0.3, 0.4) is 0 Å². The predicted molar refractivity (Wildman–Crippen MR) is 67.2 cm³/mol. The molecule has 0 spiro atoms. The first-order valence-electron chi connectivity index (χ1n) is 6.48. The van der Waals surface area contributed by atoms with Crippen LogP contribution in [0.25, 0.3) is 0 Å². The first kappa shape index (κ1) is 13.0. The first-order chi connectivity index (χ1) is 7.02. The third-order valence-corrected chi connectivity index (χ3v) is 3.54. The van der Waals surface area contributed by atoms with Crippen LogP contribution in [0.4, 0.5) is 0 Å². The van der Waals surface area contributed by atoms with Gasteiger partial charge in [-0.15, -0.1) is 0 Å². The van der Waals surface area contributed by atoms with Crippen molar-refractivity contribution in [1.29, 1.82) is 0 Å². The van der Waals surface area contributed by atoms with Crippen LogP contribution >= 0.6 is 0 Å². The number of hydrogen-bond acceptors (Lipinski definition) is 2. The molecule has 15 heavy (non-hydrogen) atoms. The molecule has 0 aromatic heterocycles. The van der Waals surface area contributed by atoms with Crippen LogP contribution in [0.2, 0.25) is 0 Å². The molecular formula is C13H28N2. The second kappa shape index (κ2) is 5.86. The number of hydrogen-bond donors (Lipinski definition) is 1. The van der Waals surface area contributed by atoms with E-state index in [-0.39, 0.29) is 0 Å². The van der Waals surface area contributed by atoms with Crippen molar-refractivity contribution in [3.63, 3.8) is 0 Å². The van der Waals surface area contributed by atoms with Gasteiger partial charge in [0.05, 0.1) is 0 Å². The van der Waals surface area contributed by atoms with Crippen LogP contribution in [0.15, 0.2) is 0 Å². The van der Waals surface area contributed by atoms with Gasteiger partial charge in [-0.2, -0.15) is 0 Å². The van der Waals surface area contributed by atoms with E-state index in [1.54, 1.807) is 0 Å². The van der Waals surface area contributed by atoms with E-state index in [0.717, 1.165) is 19.0 Å². The molecule has 1 aliphatic rings. The summed E-state index contributed by atoms with van der Waals surface area (Å²) in [5.74, 6) is 0.851. The molecule has 90 valence electrons. The maximum Gasteiger partial charge on any atom is 0.0154 e. The highest BCUT2D eigenvalue weighted by Gasteiger charge is 2.26. The summed E-state index contributed by atoms with van der Waals surface area (Å²) in [6, 6.07) is 0. The zero-order chi connectivity index (χ0) is 11.3. The molecule has 2 heteroatoms. The second-order valence-electron chi connectivity index (χ2n) is 5.84. The fraction of sp³-hybridized carbons (Fsp3) is 1.00. The van der Waals surface area contributed by atoms with Crippen LogP contribution in [-0.4, -0.2) is 36.6 Å². The largest absolute Gasteiger partial charge is 0.314 e. The fourth-order valence-electron chi connectivity index (χ4n) is 2.37. The standard InChI is InChI=1S/C13H28N2/c1-12(2)6-5-7-13(3,4)15-10-8-14-9-11-15/h12,14H,5-11H2,1-4H3. The average molecular weight is 212 g/mol. The van der Waals surface area contributed by atoms with E-state index in [2.05, 4.69) is 37.9 Å². The molecule has 1 aliphatic heterocycles. The molecule has 0 unspecified atom stereocenters. The minimum atomic E-state index is 0.400. The fourth-order valence-corrected chi connectivity index (χ4v) is 2.37. The van der Waals surface area contributed by atoms with Crippen molar-refractivity contribution in [3.05, 3.63) is 0 Å². The Morgan fingerprint density at radius 3 is 2.33 bits per heavy atom. The van der Waals surface area contributed by atoms with Crippen molar-refractivity contribution >= 4 is 0 Å². The van der Waals surface area contributed by atoms with Crippen LogP contribution in [0.1, 0.15) is 47.0 Å². The Labute approximate surface area is 95.4 Å². The summed E-state index contributed by atoms with van der Waals surface area (Å²) in [6.45, 7) is 14.2. The highest BCUT2D eigenvalue weighted by molar-refractivity contribution is 4.84. The molecule has 1 N–H and O–H groups in total. The van der Waals surface area contributed by atoms with E-state index in [4.69, 9.17) is 0 Å². The van der Waals surface area contributed by atoms with Gasteiger partial charge in [0.2, 0.25) is 0 Å². The Morgan fingerprint density at radius 1 is 1.20 bits per heavy atom. The zero-order valence-electron chi connectivity index (χ0n) is 11.0. The molecule has 2 nitrogen and oxygen atoms in total. The molecule has 0 radical (unpaired) electrons. The van der Waals surface area contributed by atoms with Crippen molar-refractivity contribution in [2.45, 2.75) is 52.5 Å². The van der Waals surface area contributed by atoms with Gasteiger partial charge in [-0.3, -0.25) is 4.90 Å². The number of nitrogens with one attached hydrogen (secondary N) is 1. The molecule has 0 amide bonds. The van der Waals surface area contributed by atoms with Gasteiger partial charge in [-0.05, 0) is 26.2 Å². The Morgan fingerprint density at radius 2 is 1.80 bits per heavy atom. The molecule has 1 saturated heterocycles. The van der Waals surface area contributed by atoms with Gasteiger partial charge in [0.25, 0.3) is 0 Å². The highest BCUT2D eigenvalue weighted by Crippen LogP contribution is 2.23. The first-order valence-corrected chi connectivity index (χ1v) is 6.48. The Bertz CT molecular complexity index is 169. The lowest BCUT2D eigenvalue weighted by Crippen LogP contribution is -2.53. The third-order valence-electron chi connectivity index (χ3n) is 3.54. The Balaban J connectivity index is 2.29. The average Bonchev–Trinajstić information content (AvgIpc) is 2.18. The van der Waals surface area contributed by atoms with Gasteiger partial charge >= 0.3 is 0 Å². The lowest BCUT2D eigenvalue weighted by atomic mass is 9.92. The van der Waals surface area contributed by atoms with Crippen molar-refractivity contribution in [2.24, 2.45) is 5.92 Å². The van der Waals surface area contributed by atoms with Crippen LogP contribution in [0.5, 0.6) is 0 Å². The summed E-state index contributed by atoms with van der Waals surface area (Å²) in [4.78, 5) is 2.64. The quantitative estimate of drug-likeness (QED) is 0.753. The Kier molecular flexibility index (Phi) is 5.07. The molecule has 0 aliphatic carbocycles. The van der Waals surface area contributed by atoms with Crippen LogP contribution in [-0.2, 0) is 0 Å². The van der Waals surface area contributed by atoms with Gasteiger partial charge < -0.3 is 5.32 Å². The summed E-state index contributed by atoms with van der Waals surface area (Å²) in [5.41, 5.74) is 0.400. The van der Waals surface area contributed by atoms with E-state index in [9.17, 15) is 0 Å². The van der Waals surface area contributed by atoms with Gasteiger partial charge in [-0.25, -0.2) is 0 Å². The normalized spacial score (nSPS) is 19.8. The molecule has 0 aromatic carbocycles. The minimum absolute atomic E-state index is 0.400.